The van der Waals surface area contributed by atoms with Gasteiger partial charge in [-0.25, -0.2) is 0 Å². The predicted molar refractivity (Wildman–Crippen MR) is 66.5 cm³/mol. The molecule has 0 aliphatic carbocycles. The molecule has 5 N–H and O–H groups in total. The summed E-state index contributed by atoms with van der Waals surface area (Å²) in [5, 5.41) is 4.23. The highest BCUT2D eigenvalue weighted by atomic mass is 32.2. The number of rotatable bonds is 5. The summed E-state index contributed by atoms with van der Waals surface area (Å²) in [4.78, 5) is 11.1. The standard InChI is InChI=1S/C8H14N4OS2/c1-4(14-2)3-11-8-5(7(10)13)6(9)12-15-8/h4,11H,3H2,1-2H3,(H2,9,12)(H2,10,13). The molecule has 1 heterocycles. The van der Waals surface area contributed by atoms with E-state index in [1.165, 1.54) is 0 Å². The van der Waals surface area contributed by atoms with E-state index in [0.717, 1.165) is 18.1 Å². The minimum Gasteiger partial charge on any atom is -0.382 e. The van der Waals surface area contributed by atoms with Gasteiger partial charge in [-0.1, -0.05) is 6.92 Å². The number of carbonyl (C=O) groups is 1. The van der Waals surface area contributed by atoms with Crippen molar-refractivity contribution in [3.8, 4) is 0 Å². The average Bonchev–Trinajstić information content (AvgIpc) is 2.56. The Balaban J connectivity index is 2.73. The van der Waals surface area contributed by atoms with Crippen LogP contribution in [0, 0.1) is 0 Å². The first-order chi connectivity index (χ1) is 7.06. The maximum atomic E-state index is 11.1. The lowest BCUT2D eigenvalue weighted by Crippen LogP contribution is -2.17. The van der Waals surface area contributed by atoms with Crippen molar-refractivity contribution in [2.24, 2.45) is 5.73 Å². The SMILES string of the molecule is CSC(C)CNc1snc(N)c1C(N)=O. The van der Waals surface area contributed by atoms with Crippen LogP contribution in [0.15, 0.2) is 0 Å². The van der Waals surface area contributed by atoms with Crippen LogP contribution in [0.4, 0.5) is 10.8 Å². The largest absolute Gasteiger partial charge is 0.382 e. The van der Waals surface area contributed by atoms with Gasteiger partial charge in [0.15, 0.2) is 5.82 Å². The van der Waals surface area contributed by atoms with Gasteiger partial charge in [0.05, 0.1) is 0 Å². The van der Waals surface area contributed by atoms with Crippen LogP contribution in [0.3, 0.4) is 0 Å². The summed E-state index contributed by atoms with van der Waals surface area (Å²) in [6, 6.07) is 0. The third-order valence-corrected chi connectivity index (χ3v) is 3.71. The number of nitrogens with one attached hydrogen (secondary N) is 1. The van der Waals surface area contributed by atoms with Gasteiger partial charge in [-0.3, -0.25) is 4.79 Å². The fourth-order valence-corrected chi connectivity index (χ4v) is 1.96. The van der Waals surface area contributed by atoms with Crippen molar-refractivity contribution in [3.63, 3.8) is 0 Å². The first kappa shape index (κ1) is 12.1. The van der Waals surface area contributed by atoms with Crippen molar-refractivity contribution in [2.45, 2.75) is 12.2 Å². The minimum atomic E-state index is -0.541. The molecular weight excluding hydrogens is 232 g/mol. The zero-order valence-corrected chi connectivity index (χ0v) is 10.2. The van der Waals surface area contributed by atoms with E-state index in [9.17, 15) is 4.79 Å². The highest BCUT2D eigenvalue weighted by molar-refractivity contribution is 7.99. The van der Waals surface area contributed by atoms with Gasteiger partial charge in [-0.05, 0) is 17.8 Å². The molecule has 84 valence electrons. The molecule has 5 nitrogen and oxygen atoms in total. The van der Waals surface area contributed by atoms with Crippen molar-refractivity contribution in [3.05, 3.63) is 5.56 Å². The number of primary amides is 1. The molecule has 1 aromatic heterocycles. The van der Waals surface area contributed by atoms with Crippen molar-refractivity contribution < 1.29 is 4.79 Å². The van der Waals surface area contributed by atoms with E-state index in [1.54, 1.807) is 11.8 Å². The van der Waals surface area contributed by atoms with Crippen LogP contribution in [-0.2, 0) is 0 Å². The summed E-state index contributed by atoms with van der Waals surface area (Å²) in [5.41, 5.74) is 11.0. The van der Waals surface area contributed by atoms with Crippen molar-refractivity contribution in [1.29, 1.82) is 0 Å². The topological polar surface area (TPSA) is 94.0 Å². The van der Waals surface area contributed by atoms with Crippen LogP contribution in [0.25, 0.3) is 0 Å². The molecule has 0 aromatic carbocycles. The Labute approximate surface area is 96.8 Å². The quantitative estimate of drug-likeness (QED) is 0.720. The molecule has 0 saturated carbocycles. The average molecular weight is 246 g/mol. The molecule has 1 atom stereocenters. The van der Waals surface area contributed by atoms with Gasteiger partial charge in [-0.2, -0.15) is 16.1 Å². The van der Waals surface area contributed by atoms with E-state index < -0.39 is 5.91 Å². The number of anilines is 2. The molecule has 1 amide bonds. The first-order valence-corrected chi connectivity index (χ1v) is 6.44. The lowest BCUT2D eigenvalue weighted by Gasteiger charge is -2.09. The van der Waals surface area contributed by atoms with Crippen molar-refractivity contribution in [2.75, 3.05) is 23.9 Å². The number of nitrogens with zero attached hydrogens (tertiary/aromatic N) is 1. The summed E-state index contributed by atoms with van der Waals surface area (Å²) in [6.45, 7) is 2.84. The van der Waals surface area contributed by atoms with E-state index >= 15 is 0 Å². The lowest BCUT2D eigenvalue weighted by molar-refractivity contribution is 0.100. The van der Waals surface area contributed by atoms with E-state index in [-0.39, 0.29) is 5.82 Å². The molecule has 1 aromatic rings. The van der Waals surface area contributed by atoms with Crippen LogP contribution < -0.4 is 16.8 Å². The van der Waals surface area contributed by atoms with Crippen LogP contribution in [0.2, 0.25) is 0 Å². The van der Waals surface area contributed by atoms with E-state index in [1.807, 2.05) is 6.26 Å². The van der Waals surface area contributed by atoms with Gasteiger partial charge in [0.1, 0.15) is 10.6 Å². The van der Waals surface area contributed by atoms with Crippen LogP contribution in [-0.4, -0.2) is 28.3 Å². The Morgan fingerprint density at radius 2 is 2.40 bits per heavy atom. The molecule has 15 heavy (non-hydrogen) atoms. The minimum absolute atomic E-state index is 0.201. The fraction of sp³-hybridized carbons (Fsp3) is 0.500. The molecule has 0 radical (unpaired) electrons. The number of nitrogen functional groups attached to an aromatic ring is 1. The highest BCUT2D eigenvalue weighted by Gasteiger charge is 2.16. The molecule has 1 unspecified atom stereocenters. The summed E-state index contributed by atoms with van der Waals surface area (Å²) >= 11 is 2.90. The second-order valence-corrected chi connectivity index (χ2v) is 5.11. The van der Waals surface area contributed by atoms with E-state index in [4.69, 9.17) is 11.5 Å². The van der Waals surface area contributed by atoms with E-state index in [2.05, 4.69) is 16.6 Å². The lowest BCUT2D eigenvalue weighted by atomic mass is 10.3. The second kappa shape index (κ2) is 5.22. The molecular formula is C8H14N4OS2. The molecule has 7 heteroatoms. The molecule has 0 fully saturated rings. The van der Waals surface area contributed by atoms with Crippen LogP contribution >= 0.6 is 23.3 Å². The van der Waals surface area contributed by atoms with Gasteiger partial charge in [0.2, 0.25) is 0 Å². The summed E-state index contributed by atoms with van der Waals surface area (Å²) in [6.07, 6.45) is 2.03. The number of amides is 1. The Kier molecular flexibility index (Phi) is 4.22. The normalized spacial score (nSPS) is 12.4. The van der Waals surface area contributed by atoms with E-state index in [0.29, 0.717) is 15.8 Å². The number of nitrogens with two attached hydrogens (primary N) is 2. The fourth-order valence-electron chi connectivity index (χ4n) is 0.981. The van der Waals surface area contributed by atoms with Gasteiger partial charge in [0, 0.05) is 11.8 Å². The maximum Gasteiger partial charge on any atom is 0.255 e. The number of aromatic nitrogens is 1. The summed E-state index contributed by atoms with van der Waals surface area (Å²) in [7, 11) is 0. The Hall–Kier alpha value is -0.950. The first-order valence-electron chi connectivity index (χ1n) is 4.37. The summed E-state index contributed by atoms with van der Waals surface area (Å²) < 4.78 is 3.89. The van der Waals surface area contributed by atoms with Gasteiger partial charge in [-0.15, -0.1) is 0 Å². The molecule has 0 spiro atoms. The van der Waals surface area contributed by atoms with Crippen LogP contribution in [0.1, 0.15) is 17.3 Å². The Morgan fingerprint density at radius 1 is 1.73 bits per heavy atom. The van der Waals surface area contributed by atoms with Gasteiger partial charge < -0.3 is 16.8 Å². The third kappa shape index (κ3) is 3.00. The highest BCUT2D eigenvalue weighted by Crippen LogP contribution is 2.26. The monoisotopic (exact) mass is 246 g/mol. The molecule has 0 aliphatic rings. The van der Waals surface area contributed by atoms with Crippen LogP contribution in [0.5, 0.6) is 0 Å². The molecule has 0 aliphatic heterocycles. The van der Waals surface area contributed by atoms with Gasteiger partial charge in [0.25, 0.3) is 5.91 Å². The zero-order chi connectivity index (χ0) is 11.4. The molecule has 1 rings (SSSR count). The second-order valence-electron chi connectivity index (χ2n) is 3.06. The number of carbonyl (C=O) groups excluding carboxylic acids is 1. The maximum absolute atomic E-state index is 11.1. The predicted octanol–water partition coefficient (Wildman–Crippen LogP) is 0.988. The molecule has 0 bridgehead atoms. The Bertz CT molecular complexity index is 352. The van der Waals surface area contributed by atoms with Crippen molar-refractivity contribution in [1.82, 2.24) is 4.37 Å². The van der Waals surface area contributed by atoms with Crippen molar-refractivity contribution >= 4 is 40.0 Å². The summed E-state index contributed by atoms with van der Waals surface area (Å²) in [5.74, 6) is -0.340. The van der Waals surface area contributed by atoms with Gasteiger partial charge >= 0.3 is 0 Å². The zero-order valence-electron chi connectivity index (χ0n) is 8.61. The third-order valence-electron chi connectivity index (χ3n) is 1.92. The Morgan fingerprint density at radius 3 is 2.93 bits per heavy atom. The molecule has 0 saturated heterocycles. The number of hydrogen-bond donors (Lipinski definition) is 3. The number of hydrogen-bond acceptors (Lipinski definition) is 6. The smallest absolute Gasteiger partial charge is 0.255 e. The number of thioether (sulfide) groups is 1.